The van der Waals surface area contributed by atoms with Crippen molar-refractivity contribution in [1.29, 1.82) is 0 Å². The van der Waals surface area contributed by atoms with E-state index in [0.29, 0.717) is 37.6 Å². The maximum Gasteiger partial charge on any atom is 0.254 e. The van der Waals surface area contributed by atoms with Crippen LogP contribution in [0.3, 0.4) is 0 Å². The van der Waals surface area contributed by atoms with Gasteiger partial charge in [0.15, 0.2) is 5.96 Å². The topological polar surface area (TPSA) is 100 Å². The van der Waals surface area contributed by atoms with Crippen molar-refractivity contribution in [2.24, 2.45) is 4.99 Å². The number of ether oxygens (including phenoxy) is 1. The van der Waals surface area contributed by atoms with Crippen molar-refractivity contribution >= 4 is 21.7 Å². The van der Waals surface area contributed by atoms with Crippen LogP contribution in [-0.2, 0) is 21.1 Å². The summed E-state index contributed by atoms with van der Waals surface area (Å²) in [6.45, 7) is 7.63. The summed E-state index contributed by atoms with van der Waals surface area (Å²) in [7, 11) is -1.31. The van der Waals surface area contributed by atoms with Crippen LogP contribution in [0, 0.1) is 0 Å². The Morgan fingerprint density at radius 2 is 1.83 bits per heavy atom. The second kappa shape index (κ2) is 10.8. The molecule has 3 atom stereocenters. The van der Waals surface area contributed by atoms with Crippen molar-refractivity contribution in [2.45, 2.75) is 52.0 Å². The number of hydrogen-bond acceptors (Lipinski definition) is 5. The molecule has 0 spiro atoms. The molecule has 168 valence electrons. The van der Waals surface area contributed by atoms with E-state index in [9.17, 15) is 13.2 Å². The number of nitrogens with zero attached hydrogens (tertiary/aromatic N) is 2. The highest BCUT2D eigenvalue weighted by molar-refractivity contribution is 7.90. The largest absolute Gasteiger partial charge is 0.372 e. The molecule has 1 fully saturated rings. The molecule has 1 aromatic carbocycles. The molecular formula is C21H34N4O4S. The zero-order valence-corrected chi connectivity index (χ0v) is 19.3. The third-order valence-corrected chi connectivity index (χ3v) is 5.87. The summed E-state index contributed by atoms with van der Waals surface area (Å²) in [4.78, 5) is 18.8. The Hall–Kier alpha value is -2.13. The molecule has 1 heterocycles. The van der Waals surface area contributed by atoms with Gasteiger partial charge in [0.05, 0.1) is 18.0 Å². The Balaban J connectivity index is 1.86. The number of guanidine groups is 1. The summed E-state index contributed by atoms with van der Waals surface area (Å²) in [6.07, 6.45) is 1.83. The van der Waals surface area contributed by atoms with Gasteiger partial charge >= 0.3 is 0 Å². The summed E-state index contributed by atoms with van der Waals surface area (Å²) < 4.78 is 28.3. The maximum absolute atomic E-state index is 12.8. The smallest absolute Gasteiger partial charge is 0.254 e. The van der Waals surface area contributed by atoms with Crippen LogP contribution >= 0.6 is 0 Å². The van der Waals surface area contributed by atoms with Crippen LogP contribution < -0.4 is 10.6 Å². The third kappa shape index (κ3) is 7.95. The molecule has 8 nitrogen and oxygen atoms in total. The summed E-state index contributed by atoms with van der Waals surface area (Å²) >= 11 is 0. The Morgan fingerprint density at radius 1 is 1.23 bits per heavy atom. The zero-order valence-electron chi connectivity index (χ0n) is 18.5. The molecule has 1 aromatic rings. The second-order valence-corrected chi connectivity index (χ2v) is 10.3. The number of carbonyl (C=O) groups excluding carboxylic acids is 1. The molecule has 3 unspecified atom stereocenters. The lowest BCUT2D eigenvalue weighted by atomic mass is 10.1. The molecule has 1 aliphatic heterocycles. The van der Waals surface area contributed by atoms with Crippen molar-refractivity contribution in [3.05, 3.63) is 35.4 Å². The lowest BCUT2D eigenvalue weighted by Gasteiger charge is -2.35. The second-order valence-electron chi connectivity index (χ2n) is 8.05. The summed E-state index contributed by atoms with van der Waals surface area (Å²) in [5.41, 5.74) is 1.68. The van der Waals surface area contributed by atoms with Crippen LogP contribution in [0.25, 0.3) is 0 Å². The Labute approximate surface area is 180 Å². The molecule has 30 heavy (non-hydrogen) atoms. The first-order chi connectivity index (χ1) is 14.1. The number of rotatable bonds is 7. The standard InChI is InChI=1S/C21H34N4O4S/c1-15(10-11-30(5,27)28)24-21(22-4)23-12-18-6-8-19(9-7-18)20(26)25-13-16(2)29-17(3)14-25/h6-9,15-17H,10-14H2,1-5H3,(H2,22,23,24). The highest BCUT2D eigenvalue weighted by Gasteiger charge is 2.26. The fraction of sp³-hybridized carbons (Fsp3) is 0.619. The highest BCUT2D eigenvalue weighted by atomic mass is 32.2. The van der Waals surface area contributed by atoms with E-state index in [-0.39, 0.29) is 29.9 Å². The fourth-order valence-electron chi connectivity index (χ4n) is 3.37. The van der Waals surface area contributed by atoms with E-state index in [0.717, 1.165) is 5.56 Å². The fourth-order valence-corrected chi connectivity index (χ4v) is 4.15. The normalized spacial score (nSPS) is 21.2. The first kappa shape index (κ1) is 24.1. The minimum atomic E-state index is -2.98. The van der Waals surface area contributed by atoms with Crippen LogP contribution in [0.1, 0.15) is 43.1 Å². The summed E-state index contributed by atoms with van der Waals surface area (Å²) in [5.74, 6) is 0.759. The van der Waals surface area contributed by atoms with Gasteiger partial charge in [0.1, 0.15) is 9.84 Å². The molecule has 1 aliphatic rings. The molecular weight excluding hydrogens is 404 g/mol. The van der Waals surface area contributed by atoms with Crippen molar-refractivity contribution in [3.8, 4) is 0 Å². The van der Waals surface area contributed by atoms with E-state index in [1.54, 1.807) is 7.05 Å². The molecule has 0 radical (unpaired) electrons. The van der Waals surface area contributed by atoms with E-state index < -0.39 is 9.84 Å². The van der Waals surface area contributed by atoms with Crippen LogP contribution in [-0.4, -0.2) is 75.6 Å². The first-order valence-corrected chi connectivity index (χ1v) is 12.3. The van der Waals surface area contributed by atoms with Crippen molar-refractivity contribution in [3.63, 3.8) is 0 Å². The first-order valence-electron chi connectivity index (χ1n) is 10.3. The molecule has 1 saturated heterocycles. The van der Waals surface area contributed by atoms with Crippen molar-refractivity contribution in [1.82, 2.24) is 15.5 Å². The molecule has 0 saturated carbocycles. The SMILES string of the molecule is CN=C(NCc1ccc(C(=O)N2CC(C)OC(C)C2)cc1)NC(C)CCS(C)(=O)=O. The Morgan fingerprint density at radius 3 is 2.37 bits per heavy atom. The predicted molar refractivity (Wildman–Crippen MR) is 119 cm³/mol. The maximum atomic E-state index is 12.8. The monoisotopic (exact) mass is 438 g/mol. The van der Waals surface area contributed by atoms with Crippen LogP contribution in [0.15, 0.2) is 29.3 Å². The lowest BCUT2D eigenvalue weighted by Crippen LogP contribution is -2.48. The molecule has 0 aromatic heterocycles. The van der Waals surface area contributed by atoms with Gasteiger partial charge in [0.2, 0.25) is 0 Å². The van der Waals surface area contributed by atoms with Gasteiger partial charge in [-0.3, -0.25) is 9.79 Å². The van der Waals surface area contributed by atoms with Gasteiger partial charge in [0, 0.05) is 44.5 Å². The minimum absolute atomic E-state index is 0.0219. The molecule has 0 aliphatic carbocycles. The molecule has 0 bridgehead atoms. The van der Waals surface area contributed by atoms with Gasteiger partial charge in [-0.1, -0.05) is 12.1 Å². The van der Waals surface area contributed by atoms with Crippen LogP contribution in [0.4, 0.5) is 0 Å². The van der Waals surface area contributed by atoms with Gasteiger partial charge in [-0.15, -0.1) is 0 Å². The van der Waals surface area contributed by atoms with Crippen LogP contribution in [0.5, 0.6) is 0 Å². The van der Waals surface area contributed by atoms with Crippen LogP contribution in [0.2, 0.25) is 0 Å². The number of amides is 1. The Kier molecular flexibility index (Phi) is 8.66. The van der Waals surface area contributed by atoms with Crippen molar-refractivity contribution < 1.29 is 17.9 Å². The average Bonchev–Trinajstić information content (AvgIpc) is 2.68. The van der Waals surface area contributed by atoms with Crippen molar-refractivity contribution in [2.75, 3.05) is 32.1 Å². The average molecular weight is 439 g/mol. The number of hydrogen-bond donors (Lipinski definition) is 2. The number of nitrogens with one attached hydrogen (secondary N) is 2. The zero-order chi connectivity index (χ0) is 22.3. The number of benzene rings is 1. The Bertz CT molecular complexity index is 829. The molecule has 2 N–H and O–H groups in total. The predicted octanol–water partition coefficient (Wildman–Crippen LogP) is 1.42. The highest BCUT2D eigenvalue weighted by Crippen LogP contribution is 2.15. The number of aliphatic imine (C=N–C) groups is 1. The summed E-state index contributed by atoms with van der Waals surface area (Å²) in [6, 6.07) is 7.51. The molecule has 9 heteroatoms. The quantitative estimate of drug-likeness (QED) is 0.493. The van der Waals surface area contributed by atoms with Gasteiger partial charge in [-0.2, -0.15) is 0 Å². The lowest BCUT2D eigenvalue weighted by molar-refractivity contribution is -0.0586. The number of carbonyl (C=O) groups is 1. The van der Waals surface area contributed by atoms with Gasteiger partial charge in [0.25, 0.3) is 5.91 Å². The van der Waals surface area contributed by atoms with E-state index in [1.165, 1.54) is 6.26 Å². The van der Waals surface area contributed by atoms with E-state index in [1.807, 2.05) is 49.9 Å². The van der Waals surface area contributed by atoms with E-state index >= 15 is 0 Å². The minimum Gasteiger partial charge on any atom is -0.372 e. The summed E-state index contributed by atoms with van der Waals surface area (Å²) in [5, 5.41) is 6.41. The van der Waals surface area contributed by atoms with E-state index in [2.05, 4.69) is 15.6 Å². The third-order valence-electron chi connectivity index (χ3n) is 4.90. The molecule has 2 rings (SSSR count). The van der Waals surface area contributed by atoms with E-state index in [4.69, 9.17) is 4.74 Å². The van der Waals surface area contributed by atoms with Gasteiger partial charge in [-0.25, -0.2) is 8.42 Å². The number of sulfone groups is 1. The molecule has 1 amide bonds. The van der Waals surface area contributed by atoms with Gasteiger partial charge < -0.3 is 20.3 Å². The number of morpholine rings is 1. The van der Waals surface area contributed by atoms with Gasteiger partial charge in [-0.05, 0) is 44.9 Å².